The average molecular weight is 422 g/mol. The number of aryl methyl sites for hydroxylation is 1. The molecule has 0 saturated carbocycles. The van der Waals surface area contributed by atoms with Gasteiger partial charge in [-0.05, 0) is 73.2 Å². The van der Waals surface area contributed by atoms with Gasteiger partial charge in [-0.2, -0.15) is 0 Å². The second-order valence-electron chi connectivity index (χ2n) is 7.59. The number of hydrogen-bond donors (Lipinski definition) is 0. The predicted octanol–water partition coefficient (Wildman–Crippen LogP) is 6.84. The Hall–Kier alpha value is -2.88. The van der Waals surface area contributed by atoms with Gasteiger partial charge in [0.2, 0.25) is 0 Å². The molecule has 0 unspecified atom stereocenters. The molecule has 31 heavy (non-hydrogen) atoms. The van der Waals surface area contributed by atoms with Gasteiger partial charge in [-0.15, -0.1) is 0 Å². The van der Waals surface area contributed by atoms with Crippen LogP contribution in [-0.4, -0.2) is 25.4 Å². The highest BCUT2D eigenvalue weighted by molar-refractivity contribution is 5.82. The molecular formula is C27H35NO3. The lowest BCUT2D eigenvalue weighted by Crippen LogP contribution is -2.01. The molecule has 2 rings (SSSR count). The van der Waals surface area contributed by atoms with Crippen LogP contribution >= 0.6 is 0 Å². The Morgan fingerprint density at radius 1 is 0.903 bits per heavy atom. The molecule has 166 valence electrons. The van der Waals surface area contributed by atoms with Crippen molar-refractivity contribution in [3.8, 4) is 5.75 Å². The third-order valence-corrected chi connectivity index (χ3v) is 4.97. The summed E-state index contributed by atoms with van der Waals surface area (Å²) in [5, 5.41) is 0. The van der Waals surface area contributed by atoms with Crippen LogP contribution in [0.2, 0.25) is 0 Å². The fourth-order valence-electron chi connectivity index (χ4n) is 3.08. The quantitative estimate of drug-likeness (QED) is 0.137. The summed E-state index contributed by atoms with van der Waals surface area (Å²) in [6, 6.07) is 16.5. The highest BCUT2D eigenvalue weighted by atomic mass is 16.5. The molecule has 0 atom stereocenters. The Balaban J connectivity index is 1.60. The number of carbonyl (C=O) groups excluding carboxylic acids is 1. The SMILES string of the molecule is C=CC(=O)OCCCCCCCOc1ccc(C=Nc2ccc(CCCC)cc2)cc1. The van der Waals surface area contributed by atoms with Crippen molar-refractivity contribution in [3.63, 3.8) is 0 Å². The molecule has 0 aliphatic carbocycles. The maximum Gasteiger partial charge on any atom is 0.330 e. The minimum atomic E-state index is -0.345. The van der Waals surface area contributed by atoms with E-state index in [4.69, 9.17) is 9.47 Å². The van der Waals surface area contributed by atoms with E-state index in [2.05, 4.69) is 42.8 Å². The molecule has 0 amide bonds. The summed E-state index contributed by atoms with van der Waals surface area (Å²) in [6.07, 6.45) is 11.9. The van der Waals surface area contributed by atoms with E-state index in [1.54, 1.807) is 0 Å². The van der Waals surface area contributed by atoms with Crippen LogP contribution in [0.15, 0.2) is 66.2 Å². The van der Waals surface area contributed by atoms with Crippen LogP contribution in [0, 0.1) is 0 Å². The first-order valence-corrected chi connectivity index (χ1v) is 11.4. The van der Waals surface area contributed by atoms with Crippen molar-refractivity contribution < 1.29 is 14.3 Å². The number of hydrogen-bond acceptors (Lipinski definition) is 4. The van der Waals surface area contributed by atoms with E-state index in [1.807, 2.05) is 30.5 Å². The lowest BCUT2D eigenvalue weighted by molar-refractivity contribution is -0.137. The summed E-state index contributed by atoms with van der Waals surface area (Å²) in [7, 11) is 0. The summed E-state index contributed by atoms with van der Waals surface area (Å²) in [5.41, 5.74) is 3.40. The number of unbranched alkanes of at least 4 members (excludes halogenated alkanes) is 5. The van der Waals surface area contributed by atoms with Crippen molar-refractivity contribution in [2.45, 2.75) is 58.3 Å². The van der Waals surface area contributed by atoms with Gasteiger partial charge >= 0.3 is 5.97 Å². The molecule has 0 saturated heterocycles. The second kappa shape index (κ2) is 15.0. The maximum absolute atomic E-state index is 10.9. The van der Waals surface area contributed by atoms with Gasteiger partial charge in [0, 0.05) is 12.3 Å². The lowest BCUT2D eigenvalue weighted by atomic mass is 10.1. The van der Waals surface area contributed by atoms with Gasteiger partial charge < -0.3 is 9.47 Å². The smallest absolute Gasteiger partial charge is 0.330 e. The van der Waals surface area contributed by atoms with Gasteiger partial charge in [0.25, 0.3) is 0 Å². The van der Waals surface area contributed by atoms with E-state index >= 15 is 0 Å². The minimum absolute atomic E-state index is 0.345. The molecule has 0 heterocycles. The van der Waals surface area contributed by atoms with E-state index in [-0.39, 0.29) is 5.97 Å². The first-order valence-electron chi connectivity index (χ1n) is 11.4. The third kappa shape index (κ3) is 10.6. The number of esters is 1. The molecule has 4 nitrogen and oxygen atoms in total. The van der Waals surface area contributed by atoms with E-state index in [0.717, 1.165) is 55.5 Å². The van der Waals surface area contributed by atoms with Crippen molar-refractivity contribution >= 4 is 17.9 Å². The summed E-state index contributed by atoms with van der Waals surface area (Å²) in [4.78, 5) is 15.5. The summed E-state index contributed by atoms with van der Waals surface area (Å²) in [5.74, 6) is 0.538. The number of benzene rings is 2. The van der Waals surface area contributed by atoms with Gasteiger partial charge in [0.1, 0.15) is 5.75 Å². The highest BCUT2D eigenvalue weighted by Crippen LogP contribution is 2.16. The highest BCUT2D eigenvalue weighted by Gasteiger charge is 1.98. The maximum atomic E-state index is 10.9. The predicted molar refractivity (Wildman–Crippen MR) is 128 cm³/mol. The first kappa shape index (κ1) is 24.4. The molecule has 4 heteroatoms. The molecule has 0 spiro atoms. The zero-order valence-corrected chi connectivity index (χ0v) is 18.7. The van der Waals surface area contributed by atoms with E-state index in [0.29, 0.717) is 13.2 Å². The minimum Gasteiger partial charge on any atom is -0.494 e. The van der Waals surface area contributed by atoms with Crippen LogP contribution in [-0.2, 0) is 16.0 Å². The number of carbonyl (C=O) groups is 1. The Labute approximate surface area is 187 Å². The largest absolute Gasteiger partial charge is 0.494 e. The zero-order chi connectivity index (χ0) is 22.2. The van der Waals surface area contributed by atoms with Gasteiger partial charge in [-0.3, -0.25) is 4.99 Å². The molecule has 0 fully saturated rings. The molecule has 0 aliphatic rings. The molecular weight excluding hydrogens is 386 g/mol. The molecule has 0 N–H and O–H groups in total. The average Bonchev–Trinajstić information content (AvgIpc) is 2.81. The van der Waals surface area contributed by atoms with Crippen molar-refractivity contribution in [1.82, 2.24) is 0 Å². The summed E-state index contributed by atoms with van der Waals surface area (Å²) >= 11 is 0. The van der Waals surface area contributed by atoms with Gasteiger partial charge in [0.05, 0.1) is 18.9 Å². The molecule has 0 bridgehead atoms. The van der Waals surface area contributed by atoms with Crippen LogP contribution in [0.3, 0.4) is 0 Å². The van der Waals surface area contributed by atoms with Crippen molar-refractivity contribution in [2.24, 2.45) is 4.99 Å². The van der Waals surface area contributed by atoms with Gasteiger partial charge in [-0.25, -0.2) is 4.79 Å². The van der Waals surface area contributed by atoms with E-state index < -0.39 is 0 Å². The van der Waals surface area contributed by atoms with Crippen LogP contribution in [0.5, 0.6) is 5.75 Å². The van der Waals surface area contributed by atoms with Crippen LogP contribution < -0.4 is 4.74 Å². The van der Waals surface area contributed by atoms with Crippen LogP contribution in [0.1, 0.15) is 63.0 Å². The number of aliphatic imine (C=N–C) groups is 1. The molecule has 0 radical (unpaired) electrons. The first-order chi connectivity index (χ1) is 15.2. The van der Waals surface area contributed by atoms with Gasteiger partial charge in [-0.1, -0.05) is 51.3 Å². The summed E-state index contributed by atoms with van der Waals surface area (Å²) in [6.45, 7) is 6.78. The molecule has 0 aliphatic heterocycles. The Morgan fingerprint density at radius 2 is 1.58 bits per heavy atom. The second-order valence-corrected chi connectivity index (χ2v) is 7.59. The Kier molecular flexibility index (Phi) is 11.8. The number of nitrogens with zero attached hydrogens (tertiary/aromatic N) is 1. The fraction of sp³-hybridized carbons (Fsp3) is 0.407. The zero-order valence-electron chi connectivity index (χ0n) is 18.7. The van der Waals surface area contributed by atoms with E-state index in [1.165, 1.54) is 24.5 Å². The van der Waals surface area contributed by atoms with Crippen molar-refractivity contribution in [2.75, 3.05) is 13.2 Å². The topological polar surface area (TPSA) is 47.9 Å². The number of ether oxygens (including phenoxy) is 2. The van der Waals surface area contributed by atoms with Crippen molar-refractivity contribution in [3.05, 3.63) is 72.3 Å². The number of rotatable bonds is 15. The lowest BCUT2D eigenvalue weighted by Gasteiger charge is -2.06. The normalized spacial score (nSPS) is 10.9. The third-order valence-electron chi connectivity index (χ3n) is 4.97. The summed E-state index contributed by atoms with van der Waals surface area (Å²) < 4.78 is 10.8. The molecule has 2 aromatic rings. The van der Waals surface area contributed by atoms with E-state index in [9.17, 15) is 4.79 Å². The molecule has 0 aromatic heterocycles. The Morgan fingerprint density at radius 3 is 2.26 bits per heavy atom. The standard InChI is InChI=1S/C27H35NO3/c1-3-5-11-23-12-16-25(17-13-23)28-22-24-14-18-26(19-15-24)30-20-9-7-6-8-10-21-31-27(29)4-2/h4,12-19,22H,2-3,5-11,20-21H2,1H3. The van der Waals surface area contributed by atoms with Crippen LogP contribution in [0.4, 0.5) is 5.69 Å². The van der Waals surface area contributed by atoms with Crippen molar-refractivity contribution in [1.29, 1.82) is 0 Å². The van der Waals surface area contributed by atoms with Crippen LogP contribution in [0.25, 0.3) is 0 Å². The molecule has 2 aromatic carbocycles. The Bertz CT molecular complexity index is 794. The van der Waals surface area contributed by atoms with Gasteiger partial charge in [0.15, 0.2) is 0 Å². The monoisotopic (exact) mass is 421 g/mol. The fourth-order valence-corrected chi connectivity index (χ4v) is 3.08.